The van der Waals surface area contributed by atoms with E-state index in [2.05, 4.69) is 10.2 Å². The molecular weight excluding hydrogens is 214 g/mol. The van der Waals surface area contributed by atoms with E-state index in [4.69, 9.17) is 5.73 Å². The lowest BCUT2D eigenvalue weighted by Crippen LogP contribution is -2.34. The minimum Gasteiger partial charge on any atom is -0.356 e. The fourth-order valence-corrected chi connectivity index (χ4v) is 2.51. The predicted molar refractivity (Wildman–Crippen MR) is 68.6 cm³/mol. The number of hydrogen-bond acceptors (Lipinski definition) is 3. The van der Waals surface area contributed by atoms with Crippen molar-refractivity contribution < 1.29 is 4.79 Å². The standard InChI is InChI=1S/C13H25N3O/c14-12(11-4-5-11)10-13(17)15-6-3-9-16-7-1-2-8-16/h11-12H,1-10,14H2,(H,15,17). The predicted octanol–water partition coefficient (Wildman–Crippen LogP) is 0.716. The van der Waals surface area contributed by atoms with Crippen molar-refractivity contribution in [1.29, 1.82) is 0 Å². The minimum atomic E-state index is 0.0913. The molecule has 2 fully saturated rings. The maximum atomic E-state index is 11.6. The summed E-state index contributed by atoms with van der Waals surface area (Å²) >= 11 is 0. The normalized spacial score (nSPS) is 22.6. The molecule has 1 amide bonds. The first-order chi connectivity index (χ1) is 8.25. The van der Waals surface area contributed by atoms with Gasteiger partial charge in [-0.15, -0.1) is 0 Å². The van der Waals surface area contributed by atoms with Gasteiger partial charge in [0.1, 0.15) is 0 Å². The Bertz CT molecular complexity index is 247. The van der Waals surface area contributed by atoms with Gasteiger partial charge in [0.05, 0.1) is 0 Å². The second kappa shape index (κ2) is 6.36. The topological polar surface area (TPSA) is 58.4 Å². The van der Waals surface area contributed by atoms with E-state index in [0.717, 1.165) is 19.5 Å². The highest BCUT2D eigenvalue weighted by Crippen LogP contribution is 2.32. The molecule has 4 heteroatoms. The van der Waals surface area contributed by atoms with Crippen molar-refractivity contribution in [3.63, 3.8) is 0 Å². The third-order valence-electron chi connectivity index (χ3n) is 3.82. The molecule has 1 saturated heterocycles. The lowest BCUT2D eigenvalue weighted by Gasteiger charge is -2.15. The Kier molecular flexibility index (Phi) is 4.80. The quantitative estimate of drug-likeness (QED) is 0.644. The summed E-state index contributed by atoms with van der Waals surface area (Å²) in [6, 6.07) is 0.0913. The molecule has 4 nitrogen and oxygen atoms in total. The zero-order chi connectivity index (χ0) is 12.1. The van der Waals surface area contributed by atoms with Gasteiger partial charge in [0, 0.05) is 19.0 Å². The first kappa shape index (κ1) is 12.8. The molecule has 1 saturated carbocycles. The Morgan fingerprint density at radius 1 is 1.35 bits per heavy atom. The molecule has 0 aromatic heterocycles. The van der Waals surface area contributed by atoms with E-state index in [1.165, 1.54) is 38.8 Å². The number of hydrogen-bond donors (Lipinski definition) is 2. The second-order valence-corrected chi connectivity index (χ2v) is 5.46. The molecule has 1 heterocycles. The smallest absolute Gasteiger partial charge is 0.221 e. The molecule has 1 aliphatic heterocycles. The fourth-order valence-electron chi connectivity index (χ4n) is 2.51. The molecule has 1 atom stereocenters. The van der Waals surface area contributed by atoms with Crippen molar-refractivity contribution in [2.45, 2.75) is 44.6 Å². The van der Waals surface area contributed by atoms with Crippen LogP contribution in [0.2, 0.25) is 0 Å². The van der Waals surface area contributed by atoms with E-state index < -0.39 is 0 Å². The second-order valence-electron chi connectivity index (χ2n) is 5.46. The maximum absolute atomic E-state index is 11.6. The molecular formula is C13H25N3O. The summed E-state index contributed by atoms with van der Waals surface area (Å²) in [5.41, 5.74) is 5.91. The van der Waals surface area contributed by atoms with Crippen LogP contribution in [0.25, 0.3) is 0 Å². The molecule has 0 aromatic rings. The van der Waals surface area contributed by atoms with Crippen LogP contribution in [0, 0.1) is 5.92 Å². The number of nitrogens with one attached hydrogen (secondary N) is 1. The highest BCUT2D eigenvalue weighted by molar-refractivity contribution is 5.76. The van der Waals surface area contributed by atoms with Crippen LogP contribution in [0.1, 0.15) is 38.5 Å². The van der Waals surface area contributed by atoms with Gasteiger partial charge in [-0.1, -0.05) is 0 Å². The molecule has 0 bridgehead atoms. The summed E-state index contributed by atoms with van der Waals surface area (Å²) in [5.74, 6) is 0.746. The Morgan fingerprint density at radius 3 is 2.71 bits per heavy atom. The van der Waals surface area contributed by atoms with E-state index in [1.807, 2.05) is 0 Å². The molecule has 98 valence electrons. The van der Waals surface area contributed by atoms with Crippen LogP contribution in [0.5, 0.6) is 0 Å². The first-order valence-electron chi connectivity index (χ1n) is 7.00. The number of rotatable bonds is 7. The molecule has 0 spiro atoms. The van der Waals surface area contributed by atoms with Crippen molar-refractivity contribution in [2.75, 3.05) is 26.2 Å². The Hall–Kier alpha value is -0.610. The maximum Gasteiger partial charge on any atom is 0.221 e. The molecule has 17 heavy (non-hydrogen) atoms. The number of nitrogens with zero attached hydrogens (tertiary/aromatic N) is 1. The van der Waals surface area contributed by atoms with Gasteiger partial charge in [-0.3, -0.25) is 4.79 Å². The van der Waals surface area contributed by atoms with Gasteiger partial charge in [0.2, 0.25) is 5.91 Å². The van der Waals surface area contributed by atoms with Crippen molar-refractivity contribution >= 4 is 5.91 Å². The highest BCUT2D eigenvalue weighted by Gasteiger charge is 2.29. The molecule has 1 unspecified atom stereocenters. The third-order valence-corrected chi connectivity index (χ3v) is 3.82. The Labute approximate surface area is 104 Å². The summed E-state index contributed by atoms with van der Waals surface area (Å²) in [4.78, 5) is 14.1. The first-order valence-corrected chi connectivity index (χ1v) is 7.00. The van der Waals surface area contributed by atoms with Crippen LogP contribution in [-0.2, 0) is 4.79 Å². The van der Waals surface area contributed by atoms with Gasteiger partial charge >= 0.3 is 0 Å². The molecule has 2 aliphatic rings. The Balaban J connectivity index is 1.47. The van der Waals surface area contributed by atoms with E-state index in [-0.39, 0.29) is 11.9 Å². The Morgan fingerprint density at radius 2 is 2.06 bits per heavy atom. The summed E-state index contributed by atoms with van der Waals surface area (Å²) in [5, 5.41) is 2.97. The van der Waals surface area contributed by atoms with Gasteiger partial charge in [0.15, 0.2) is 0 Å². The van der Waals surface area contributed by atoms with Crippen LogP contribution >= 0.6 is 0 Å². The van der Waals surface area contributed by atoms with E-state index in [0.29, 0.717) is 12.3 Å². The summed E-state index contributed by atoms with van der Waals surface area (Å²) < 4.78 is 0. The SMILES string of the molecule is NC(CC(=O)NCCCN1CCCC1)C1CC1. The summed E-state index contributed by atoms with van der Waals surface area (Å²) in [7, 11) is 0. The molecule has 0 aromatic carbocycles. The largest absolute Gasteiger partial charge is 0.356 e. The third kappa shape index (κ3) is 4.64. The van der Waals surface area contributed by atoms with Crippen molar-refractivity contribution in [2.24, 2.45) is 11.7 Å². The number of amides is 1. The monoisotopic (exact) mass is 239 g/mol. The molecule has 3 N–H and O–H groups in total. The highest BCUT2D eigenvalue weighted by atomic mass is 16.1. The average Bonchev–Trinajstić information content (AvgIpc) is 3.03. The van der Waals surface area contributed by atoms with Crippen LogP contribution < -0.4 is 11.1 Å². The van der Waals surface area contributed by atoms with Crippen molar-refractivity contribution in [1.82, 2.24) is 10.2 Å². The van der Waals surface area contributed by atoms with Crippen LogP contribution in [0.4, 0.5) is 0 Å². The number of likely N-dealkylation sites (tertiary alicyclic amines) is 1. The summed E-state index contributed by atoms with van der Waals surface area (Å²) in [6.07, 6.45) is 6.66. The molecule has 2 rings (SSSR count). The van der Waals surface area contributed by atoms with Crippen LogP contribution in [-0.4, -0.2) is 43.0 Å². The lowest BCUT2D eigenvalue weighted by atomic mass is 10.1. The zero-order valence-corrected chi connectivity index (χ0v) is 10.7. The van der Waals surface area contributed by atoms with Gasteiger partial charge in [-0.2, -0.15) is 0 Å². The minimum absolute atomic E-state index is 0.0913. The average molecular weight is 239 g/mol. The zero-order valence-electron chi connectivity index (χ0n) is 10.7. The van der Waals surface area contributed by atoms with Gasteiger partial charge in [-0.25, -0.2) is 0 Å². The van der Waals surface area contributed by atoms with Gasteiger partial charge in [-0.05, 0) is 57.7 Å². The fraction of sp³-hybridized carbons (Fsp3) is 0.923. The van der Waals surface area contributed by atoms with E-state index in [1.54, 1.807) is 0 Å². The number of nitrogens with two attached hydrogens (primary N) is 1. The van der Waals surface area contributed by atoms with Crippen molar-refractivity contribution in [3.8, 4) is 0 Å². The van der Waals surface area contributed by atoms with Gasteiger partial charge in [0.25, 0.3) is 0 Å². The molecule has 1 aliphatic carbocycles. The van der Waals surface area contributed by atoms with E-state index >= 15 is 0 Å². The van der Waals surface area contributed by atoms with Crippen molar-refractivity contribution in [3.05, 3.63) is 0 Å². The summed E-state index contributed by atoms with van der Waals surface area (Å²) in [6.45, 7) is 4.39. The molecule has 0 radical (unpaired) electrons. The van der Waals surface area contributed by atoms with Crippen LogP contribution in [0.15, 0.2) is 0 Å². The number of carbonyl (C=O) groups excluding carboxylic acids is 1. The lowest BCUT2D eigenvalue weighted by molar-refractivity contribution is -0.121. The van der Waals surface area contributed by atoms with Crippen LogP contribution in [0.3, 0.4) is 0 Å². The van der Waals surface area contributed by atoms with Gasteiger partial charge < -0.3 is 16.0 Å². The number of carbonyl (C=O) groups is 1. The van der Waals surface area contributed by atoms with E-state index in [9.17, 15) is 4.79 Å².